The van der Waals surface area contributed by atoms with Crippen molar-refractivity contribution in [3.05, 3.63) is 22.2 Å². The normalized spacial score (nSPS) is 11.2. The van der Waals surface area contributed by atoms with Gasteiger partial charge in [-0.25, -0.2) is 4.98 Å². The average Bonchev–Trinajstić information content (AvgIpc) is 2.36. The van der Waals surface area contributed by atoms with Crippen LogP contribution in [0, 0.1) is 10.1 Å². The molecule has 1 aromatic rings. The second-order valence-electron chi connectivity index (χ2n) is 3.84. The quantitative estimate of drug-likeness (QED) is 0.608. The largest absolute Gasteiger partial charge is 0.405 e. The molecule has 20 heavy (non-hydrogen) atoms. The number of nitrogens with one attached hydrogen (secondary N) is 1. The molecule has 0 fully saturated rings. The van der Waals surface area contributed by atoms with Crippen molar-refractivity contribution < 1.29 is 23.2 Å². The smallest absolute Gasteiger partial charge is 0.395 e. The van der Waals surface area contributed by atoms with Crippen LogP contribution in [0.4, 0.5) is 30.5 Å². The molecule has 1 rings (SSSR count). The lowest BCUT2D eigenvalue weighted by atomic mass is 10.3. The fraction of sp³-hybridized carbons (Fsp3) is 0.500. The van der Waals surface area contributed by atoms with Crippen LogP contribution in [0.25, 0.3) is 0 Å². The first-order valence-electron chi connectivity index (χ1n) is 5.53. The summed E-state index contributed by atoms with van der Waals surface area (Å²) >= 11 is 0. The Balaban J connectivity index is 3.17. The number of halogens is 3. The van der Waals surface area contributed by atoms with Crippen LogP contribution in [0.15, 0.2) is 12.1 Å². The van der Waals surface area contributed by atoms with E-state index < -0.39 is 24.3 Å². The third-order valence-corrected chi connectivity index (χ3v) is 2.33. The van der Waals surface area contributed by atoms with Crippen LogP contribution in [0.5, 0.6) is 0 Å². The molecule has 0 aliphatic rings. The molecular weight excluding hydrogens is 281 g/mol. The third-order valence-electron chi connectivity index (χ3n) is 2.33. The Morgan fingerprint density at radius 3 is 2.60 bits per heavy atom. The van der Waals surface area contributed by atoms with Crippen molar-refractivity contribution in [3.63, 3.8) is 0 Å². The number of rotatable bonds is 6. The molecule has 0 unspecified atom stereocenters. The maximum atomic E-state index is 12.5. The molecule has 112 valence electrons. The van der Waals surface area contributed by atoms with Crippen molar-refractivity contribution in [1.82, 2.24) is 4.98 Å². The van der Waals surface area contributed by atoms with Gasteiger partial charge in [-0.1, -0.05) is 0 Å². The van der Waals surface area contributed by atoms with Crippen LogP contribution in [-0.4, -0.2) is 47.9 Å². The number of hydrogen-bond acceptors (Lipinski definition) is 6. The fourth-order valence-corrected chi connectivity index (χ4v) is 1.51. The van der Waals surface area contributed by atoms with E-state index in [-0.39, 0.29) is 23.9 Å². The lowest BCUT2D eigenvalue weighted by molar-refractivity contribution is -0.384. The highest BCUT2D eigenvalue weighted by Gasteiger charge is 2.31. The van der Waals surface area contributed by atoms with Gasteiger partial charge in [0.2, 0.25) is 0 Å². The highest BCUT2D eigenvalue weighted by atomic mass is 19.4. The molecule has 2 N–H and O–H groups in total. The summed E-state index contributed by atoms with van der Waals surface area (Å²) in [6, 6.07) is 2.04. The first kappa shape index (κ1) is 16.0. The third kappa shape index (κ3) is 4.53. The molecule has 0 saturated heterocycles. The Kier molecular flexibility index (Phi) is 5.08. The van der Waals surface area contributed by atoms with Gasteiger partial charge >= 0.3 is 6.18 Å². The first-order chi connectivity index (χ1) is 9.26. The van der Waals surface area contributed by atoms with Gasteiger partial charge in [0.25, 0.3) is 5.69 Å². The van der Waals surface area contributed by atoms with Gasteiger partial charge in [-0.2, -0.15) is 13.2 Å². The molecule has 0 saturated carbocycles. The van der Waals surface area contributed by atoms with E-state index in [0.717, 1.165) is 17.0 Å². The summed E-state index contributed by atoms with van der Waals surface area (Å²) < 4.78 is 37.4. The van der Waals surface area contributed by atoms with Crippen LogP contribution >= 0.6 is 0 Å². The van der Waals surface area contributed by atoms with Gasteiger partial charge in [0, 0.05) is 13.6 Å². The van der Waals surface area contributed by atoms with E-state index in [1.165, 1.54) is 7.05 Å². The van der Waals surface area contributed by atoms with E-state index in [9.17, 15) is 23.3 Å². The fourth-order valence-electron chi connectivity index (χ4n) is 1.51. The molecule has 0 amide bonds. The van der Waals surface area contributed by atoms with Gasteiger partial charge in [0.1, 0.15) is 18.2 Å². The zero-order valence-corrected chi connectivity index (χ0v) is 10.5. The molecule has 0 spiro atoms. The molecule has 10 heteroatoms. The van der Waals surface area contributed by atoms with E-state index in [4.69, 9.17) is 5.11 Å². The molecule has 0 aliphatic heterocycles. The highest BCUT2D eigenvalue weighted by molar-refractivity contribution is 5.55. The molecule has 1 heterocycles. The molecule has 1 aromatic heterocycles. The van der Waals surface area contributed by atoms with E-state index in [2.05, 4.69) is 10.3 Å². The predicted molar refractivity (Wildman–Crippen MR) is 65.8 cm³/mol. The summed E-state index contributed by atoms with van der Waals surface area (Å²) in [5.41, 5.74) is -0.385. The van der Waals surface area contributed by atoms with E-state index in [0.29, 0.717) is 0 Å². The van der Waals surface area contributed by atoms with Crippen LogP contribution in [0.1, 0.15) is 0 Å². The first-order valence-corrected chi connectivity index (χ1v) is 5.53. The van der Waals surface area contributed by atoms with E-state index in [1.54, 1.807) is 0 Å². The van der Waals surface area contributed by atoms with Gasteiger partial charge in [0.05, 0.1) is 23.7 Å². The predicted octanol–water partition coefficient (Wildman–Crippen LogP) is 1.39. The molecule has 0 atom stereocenters. The number of anilines is 2. The highest BCUT2D eigenvalue weighted by Crippen LogP contribution is 2.26. The van der Waals surface area contributed by atoms with Gasteiger partial charge in [-0.05, 0) is 0 Å². The average molecular weight is 294 g/mol. The Bertz CT molecular complexity index is 481. The molecule has 0 bridgehead atoms. The van der Waals surface area contributed by atoms with E-state index in [1.807, 2.05) is 0 Å². The molecule has 0 radical (unpaired) electrons. The minimum atomic E-state index is -4.51. The number of aromatic nitrogens is 1. The summed E-state index contributed by atoms with van der Waals surface area (Å²) in [4.78, 5) is 14.6. The summed E-state index contributed by atoms with van der Waals surface area (Å²) in [5, 5.41) is 22.1. The molecule has 0 aliphatic carbocycles. The number of nitrogens with zero attached hydrogens (tertiary/aromatic N) is 3. The number of aliphatic hydroxyl groups is 1. The van der Waals surface area contributed by atoms with Crippen molar-refractivity contribution in [1.29, 1.82) is 0 Å². The molecule has 7 nitrogen and oxygen atoms in total. The summed E-state index contributed by atoms with van der Waals surface area (Å²) in [5.74, 6) is -0.158. The Morgan fingerprint density at radius 2 is 2.15 bits per heavy atom. The van der Waals surface area contributed by atoms with Gasteiger partial charge < -0.3 is 15.3 Å². The van der Waals surface area contributed by atoms with Gasteiger partial charge in [-0.3, -0.25) is 10.1 Å². The van der Waals surface area contributed by atoms with Gasteiger partial charge in [-0.15, -0.1) is 0 Å². The topological polar surface area (TPSA) is 91.5 Å². The molecular formula is C10H13F3N4O3. The van der Waals surface area contributed by atoms with E-state index >= 15 is 0 Å². The van der Waals surface area contributed by atoms with Crippen LogP contribution in [-0.2, 0) is 0 Å². The van der Waals surface area contributed by atoms with Crippen molar-refractivity contribution in [3.8, 4) is 0 Å². The number of pyridine rings is 1. The monoisotopic (exact) mass is 294 g/mol. The second kappa shape index (κ2) is 6.37. The van der Waals surface area contributed by atoms with Crippen molar-refractivity contribution in [2.24, 2.45) is 0 Å². The SMILES string of the molecule is CNc1cc([N+](=O)[O-])cc(N(CCO)CC(F)(F)F)n1. The zero-order chi connectivity index (χ0) is 15.3. The van der Waals surface area contributed by atoms with Crippen LogP contribution < -0.4 is 10.2 Å². The summed E-state index contributed by atoms with van der Waals surface area (Å²) in [7, 11) is 1.44. The lowest BCUT2D eigenvalue weighted by Crippen LogP contribution is -2.36. The number of nitro groups is 1. The number of aliphatic hydroxyl groups excluding tert-OH is 1. The van der Waals surface area contributed by atoms with Crippen LogP contribution in [0.2, 0.25) is 0 Å². The second-order valence-corrected chi connectivity index (χ2v) is 3.84. The lowest BCUT2D eigenvalue weighted by Gasteiger charge is -2.24. The van der Waals surface area contributed by atoms with Gasteiger partial charge in [0.15, 0.2) is 0 Å². The van der Waals surface area contributed by atoms with Crippen molar-refractivity contribution >= 4 is 17.3 Å². The van der Waals surface area contributed by atoms with Crippen molar-refractivity contribution in [2.45, 2.75) is 6.18 Å². The summed E-state index contributed by atoms with van der Waals surface area (Å²) in [6.07, 6.45) is -4.51. The zero-order valence-electron chi connectivity index (χ0n) is 10.5. The van der Waals surface area contributed by atoms with Crippen molar-refractivity contribution in [2.75, 3.05) is 37.0 Å². The standard InChI is InChI=1S/C10H13F3N4O3/c1-14-8-4-7(17(19)20)5-9(15-8)16(2-3-18)6-10(11,12)13/h4-5,18H,2-3,6H2,1H3,(H,14,15). The maximum absolute atomic E-state index is 12.5. The Morgan fingerprint density at radius 1 is 1.50 bits per heavy atom. The minimum absolute atomic E-state index is 0.0688. The summed E-state index contributed by atoms with van der Waals surface area (Å²) in [6.45, 7) is -2.23. The molecule has 0 aromatic carbocycles. The Hall–Kier alpha value is -2.10. The van der Waals surface area contributed by atoms with Crippen LogP contribution in [0.3, 0.4) is 0 Å². The number of alkyl halides is 3. The number of hydrogen-bond donors (Lipinski definition) is 2. The maximum Gasteiger partial charge on any atom is 0.405 e. The minimum Gasteiger partial charge on any atom is -0.395 e. The Labute approximate surface area is 112 Å².